The van der Waals surface area contributed by atoms with Crippen LogP contribution in [-0.4, -0.2) is 54.0 Å². The van der Waals surface area contributed by atoms with Gasteiger partial charge < -0.3 is 14.6 Å². The van der Waals surface area contributed by atoms with Crippen molar-refractivity contribution in [3.8, 4) is 0 Å². The van der Waals surface area contributed by atoms with E-state index in [4.69, 9.17) is 5.11 Å². The number of ether oxygens (including phenoxy) is 1. The standard InChI is InChI=1S/C10H15NO5/c1-16-10(15)8-3-2-5-11(8)7(4-6-12)9(13)14/h6-8H,2-5H2,1H3,(H,13,14)/t7-,8?/m0/s1. The van der Waals surface area contributed by atoms with Gasteiger partial charge in [0.1, 0.15) is 18.4 Å². The van der Waals surface area contributed by atoms with Crippen molar-refractivity contribution in [2.75, 3.05) is 13.7 Å². The molecule has 16 heavy (non-hydrogen) atoms. The molecule has 0 radical (unpaired) electrons. The predicted molar refractivity (Wildman–Crippen MR) is 53.8 cm³/mol. The quantitative estimate of drug-likeness (QED) is 0.513. The molecule has 0 aromatic heterocycles. The van der Waals surface area contributed by atoms with Crippen LogP contribution < -0.4 is 0 Å². The Hall–Kier alpha value is -1.43. The normalized spacial score (nSPS) is 22.7. The zero-order chi connectivity index (χ0) is 12.1. The molecule has 0 aromatic carbocycles. The highest BCUT2D eigenvalue weighted by atomic mass is 16.5. The maximum absolute atomic E-state index is 11.4. The molecule has 1 N–H and O–H groups in total. The number of hydrogen-bond acceptors (Lipinski definition) is 5. The van der Waals surface area contributed by atoms with Gasteiger partial charge in [0, 0.05) is 6.42 Å². The van der Waals surface area contributed by atoms with Crippen LogP contribution >= 0.6 is 0 Å². The first-order valence-electron chi connectivity index (χ1n) is 5.11. The number of methoxy groups -OCH3 is 1. The van der Waals surface area contributed by atoms with Crippen LogP contribution in [0.15, 0.2) is 0 Å². The van der Waals surface area contributed by atoms with Crippen LogP contribution in [-0.2, 0) is 19.1 Å². The van der Waals surface area contributed by atoms with E-state index in [2.05, 4.69) is 4.74 Å². The molecule has 1 saturated heterocycles. The molecule has 0 amide bonds. The van der Waals surface area contributed by atoms with Crippen molar-refractivity contribution in [1.29, 1.82) is 0 Å². The first-order valence-corrected chi connectivity index (χ1v) is 5.11. The fourth-order valence-electron chi connectivity index (χ4n) is 2.02. The highest BCUT2D eigenvalue weighted by molar-refractivity contribution is 5.80. The molecule has 0 bridgehead atoms. The molecule has 1 unspecified atom stereocenters. The third kappa shape index (κ3) is 2.57. The minimum atomic E-state index is -1.08. The summed E-state index contributed by atoms with van der Waals surface area (Å²) < 4.78 is 4.61. The van der Waals surface area contributed by atoms with E-state index < -0.39 is 24.0 Å². The Kier molecular flexibility index (Phi) is 4.42. The first-order chi connectivity index (χ1) is 7.61. The number of aldehydes is 1. The second-order valence-electron chi connectivity index (χ2n) is 3.68. The monoisotopic (exact) mass is 229 g/mol. The van der Waals surface area contributed by atoms with Gasteiger partial charge in [-0.05, 0) is 19.4 Å². The minimum Gasteiger partial charge on any atom is -0.480 e. The second-order valence-corrected chi connectivity index (χ2v) is 3.68. The van der Waals surface area contributed by atoms with E-state index >= 15 is 0 Å². The van der Waals surface area contributed by atoms with Crippen LogP contribution in [0.4, 0.5) is 0 Å². The smallest absolute Gasteiger partial charge is 0.323 e. The number of carboxylic acids is 1. The van der Waals surface area contributed by atoms with Gasteiger partial charge in [-0.3, -0.25) is 14.5 Å². The predicted octanol–water partition coefficient (Wildman–Crippen LogP) is -0.334. The summed E-state index contributed by atoms with van der Waals surface area (Å²) in [6.07, 6.45) is 1.77. The molecule has 1 aliphatic rings. The number of carbonyl (C=O) groups is 3. The van der Waals surface area contributed by atoms with E-state index in [-0.39, 0.29) is 6.42 Å². The lowest BCUT2D eigenvalue weighted by Gasteiger charge is -2.27. The zero-order valence-corrected chi connectivity index (χ0v) is 9.09. The van der Waals surface area contributed by atoms with Crippen molar-refractivity contribution in [2.24, 2.45) is 0 Å². The van der Waals surface area contributed by atoms with Crippen molar-refractivity contribution in [2.45, 2.75) is 31.3 Å². The first kappa shape index (κ1) is 12.6. The lowest BCUT2D eigenvalue weighted by molar-refractivity contribution is -0.151. The summed E-state index contributed by atoms with van der Waals surface area (Å²) in [4.78, 5) is 34.3. The van der Waals surface area contributed by atoms with Gasteiger partial charge in [0.25, 0.3) is 0 Å². The largest absolute Gasteiger partial charge is 0.480 e. The molecule has 1 heterocycles. The van der Waals surface area contributed by atoms with E-state index in [0.29, 0.717) is 19.3 Å². The Morgan fingerprint density at radius 2 is 2.31 bits per heavy atom. The SMILES string of the molecule is COC(=O)C1CCCN1[C@@H](CC=O)C(=O)O. The number of hydrogen-bond donors (Lipinski definition) is 1. The Morgan fingerprint density at radius 1 is 1.62 bits per heavy atom. The van der Waals surface area contributed by atoms with Gasteiger partial charge in [-0.15, -0.1) is 0 Å². The molecule has 0 aromatic rings. The number of carbonyl (C=O) groups excluding carboxylic acids is 2. The van der Waals surface area contributed by atoms with Gasteiger partial charge in [-0.1, -0.05) is 0 Å². The third-order valence-electron chi connectivity index (χ3n) is 2.77. The summed E-state index contributed by atoms with van der Waals surface area (Å²) in [6, 6.07) is -1.46. The molecule has 1 rings (SSSR count). The highest BCUT2D eigenvalue weighted by Crippen LogP contribution is 2.22. The summed E-state index contributed by atoms with van der Waals surface area (Å²) in [7, 11) is 1.27. The maximum atomic E-state index is 11.4. The summed E-state index contributed by atoms with van der Waals surface area (Å²) >= 11 is 0. The van der Waals surface area contributed by atoms with Crippen LogP contribution in [0.5, 0.6) is 0 Å². The minimum absolute atomic E-state index is 0.108. The van der Waals surface area contributed by atoms with E-state index in [0.717, 1.165) is 6.42 Å². The van der Waals surface area contributed by atoms with E-state index in [1.54, 1.807) is 0 Å². The zero-order valence-electron chi connectivity index (χ0n) is 9.09. The second kappa shape index (κ2) is 5.60. The van der Waals surface area contributed by atoms with Crippen LogP contribution in [0.1, 0.15) is 19.3 Å². The van der Waals surface area contributed by atoms with Crippen molar-refractivity contribution < 1.29 is 24.2 Å². The van der Waals surface area contributed by atoms with Gasteiger partial charge in [0.2, 0.25) is 0 Å². The van der Waals surface area contributed by atoms with Crippen molar-refractivity contribution in [3.05, 3.63) is 0 Å². The number of carboxylic acid groups (broad SMARTS) is 1. The Balaban J connectivity index is 2.78. The van der Waals surface area contributed by atoms with Crippen molar-refractivity contribution in [1.82, 2.24) is 4.90 Å². The molecule has 0 saturated carbocycles. The van der Waals surface area contributed by atoms with Gasteiger partial charge in [-0.2, -0.15) is 0 Å². The Labute approximate surface area is 93.2 Å². The topological polar surface area (TPSA) is 83.9 Å². The molecular formula is C10H15NO5. The molecule has 1 fully saturated rings. The number of nitrogens with zero attached hydrogens (tertiary/aromatic N) is 1. The molecule has 90 valence electrons. The van der Waals surface area contributed by atoms with Gasteiger partial charge in [0.05, 0.1) is 7.11 Å². The van der Waals surface area contributed by atoms with Crippen LogP contribution in [0.2, 0.25) is 0 Å². The van der Waals surface area contributed by atoms with Crippen LogP contribution in [0.25, 0.3) is 0 Å². The van der Waals surface area contributed by atoms with Crippen molar-refractivity contribution >= 4 is 18.2 Å². The van der Waals surface area contributed by atoms with E-state index in [1.165, 1.54) is 12.0 Å². The van der Waals surface area contributed by atoms with Crippen LogP contribution in [0, 0.1) is 0 Å². The average molecular weight is 229 g/mol. The maximum Gasteiger partial charge on any atom is 0.323 e. The molecule has 2 atom stereocenters. The third-order valence-corrected chi connectivity index (χ3v) is 2.77. The number of aliphatic carboxylic acids is 1. The lowest BCUT2D eigenvalue weighted by Crippen LogP contribution is -2.47. The van der Waals surface area contributed by atoms with E-state index in [1.807, 2.05) is 0 Å². The van der Waals surface area contributed by atoms with Crippen molar-refractivity contribution in [3.63, 3.8) is 0 Å². The number of rotatable bonds is 5. The summed E-state index contributed by atoms with van der Waals surface area (Å²) in [5.74, 6) is -1.52. The lowest BCUT2D eigenvalue weighted by atomic mass is 10.1. The Morgan fingerprint density at radius 3 is 2.81 bits per heavy atom. The fraction of sp³-hybridized carbons (Fsp3) is 0.700. The van der Waals surface area contributed by atoms with E-state index in [9.17, 15) is 14.4 Å². The van der Waals surface area contributed by atoms with Gasteiger partial charge in [-0.25, -0.2) is 0 Å². The molecule has 6 heteroatoms. The molecule has 1 aliphatic heterocycles. The highest BCUT2D eigenvalue weighted by Gasteiger charge is 2.38. The molecular weight excluding hydrogens is 214 g/mol. The summed E-state index contributed by atoms with van der Waals surface area (Å²) in [5.41, 5.74) is 0. The summed E-state index contributed by atoms with van der Waals surface area (Å²) in [6.45, 7) is 0.505. The summed E-state index contributed by atoms with van der Waals surface area (Å²) in [5, 5.41) is 8.98. The number of esters is 1. The fourth-order valence-corrected chi connectivity index (χ4v) is 2.02. The van der Waals surface area contributed by atoms with Gasteiger partial charge in [0.15, 0.2) is 0 Å². The molecule has 0 spiro atoms. The molecule has 0 aliphatic carbocycles. The van der Waals surface area contributed by atoms with Gasteiger partial charge >= 0.3 is 11.9 Å². The molecule has 6 nitrogen and oxygen atoms in total. The number of likely N-dealkylation sites (tertiary alicyclic amines) is 1. The van der Waals surface area contributed by atoms with Crippen LogP contribution in [0.3, 0.4) is 0 Å². The average Bonchev–Trinajstić information content (AvgIpc) is 2.72. The Bertz CT molecular complexity index is 291.